The molecule has 0 bridgehead atoms. The fraction of sp³-hybridized carbons (Fsp3) is 0.360. The highest BCUT2D eigenvalue weighted by atomic mass is 32.2. The van der Waals surface area contributed by atoms with Gasteiger partial charge in [0, 0.05) is 49.6 Å². The standard InChI is InChI=1S/C25H26N6O2S2/c1-2-31-23(17-20(18-27)24(32)29-10-8-26)35-22(25(31)33)6-9-28-21-5-3-4-19(16-21)7-11-30-12-14-34-15-13-30/h3-5,9,16,28H,2,7,10-15H2,1H3,(H,29,32). The first-order valence-corrected chi connectivity index (χ1v) is 13.2. The van der Waals surface area contributed by atoms with E-state index in [1.54, 1.807) is 25.3 Å². The number of anilines is 1. The lowest BCUT2D eigenvalue weighted by molar-refractivity contribution is -0.116. The molecule has 2 heterocycles. The number of nitrogens with zero attached hydrogens (tertiary/aromatic N) is 4. The van der Waals surface area contributed by atoms with Gasteiger partial charge in [-0.2, -0.15) is 22.3 Å². The van der Waals surface area contributed by atoms with Crippen LogP contribution in [0.3, 0.4) is 0 Å². The van der Waals surface area contributed by atoms with Gasteiger partial charge < -0.3 is 15.5 Å². The van der Waals surface area contributed by atoms with E-state index in [2.05, 4.69) is 39.1 Å². The Morgan fingerprint density at radius 2 is 2.06 bits per heavy atom. The number of rotatable bonds is 8. The highest BCUT2D eigenvalue weighted by Gasteiger charge is 2.10. The average molecular weight is 507 g/mol. The van der Waals surface area contributed by atoms with E-state index < -0.39 is 5.91 Å². The number of hydrogen-bond donors (Lipinski definition) is 2. The van der Waals surface area contributed by atoms with Crippen molar-refractivity contribution in [3.63, 3.8) is 0 Å². The molecule has 1 aliphatic heterocycles. The molecule has 0 spiro atoms. The quantitative estimate of drug-likeness (QED) is 0.312. The maximum atomic E-state index is 12.7. The van der Waals surface area contributed by atoms with Gasteiger partial charge in [0.15, 0.2) is 5.57 Å². The van der Waals surface area contributed by atoms with Crippen LogP contribution in [0.5, 0.6) is 0 Å². The summed E-state index contributed by atoms with van der Waals surface area (Å²) in [7, 11) is 0. The third kappa shape index (κ3) is 7.50. The number of benzene rings is 1. The van der Waals surface area contributed by atoms with E-state index in [0.29, 0.717) is 15.7 Å². The van der Waals surface area contributed by atoms with Gasteiger partial charge in [0.25, 0.3) is 11.5 Å². The van der Waals surface area contributed by atoms with Gasteiger partial charge in [0.05, 0.1) is 6.07 Å². The van der Waals surface area contributed by atoms with E-state index in [-0.39, 0.29) is 17.7 Å². The molecule has 10 heteroatoms. The van der Waals surface area contributed by atoms with Gasteiger partial charge >= 0.3 is 0 Å². The monoisotopic (exact) mass is 506 g/mol. The van der Waals surface area contributed by atoms with Crippen LogP contribution in [0.1, 0.15) is 12.5 Å². The molecular formula is C25H26N6O2S2. The maximum absolute atomic E-state index is 12.7. The minimum atomic E-state index is -0.709. The smallest absolute Gasteiger partial charge is 0.277 e. The summed E-state index contributed by atoms with van der Waals surface area (Å²) in [6, 6.07) is 11.7. The van der Waals surface area contributed by atoms with Crippen molar-refractivity contribution in [2.45, 2.75) is 19.9 Å². The second-order valence-corrected chi connectivity index (χ2v) is 9.80. The summed E-state index contributed by atoms with van der Waals surface area (Å²) in [6.07, 6.45) is 2.57. The predicted molar refractivity (Wildman–Crippen MR) is 140 cm³/mol. The number of nitrogens with one attached hydrogen (secondary N) is 2. The van der Waals surface area contributed by atoms with Crippen LogP contribution in [0.25, 0.3) is 11.5 Å². The van der Waals surface area contributed by atoms with Gasteiger partial charge in [-0.05, 0) is 31.0 Å². The highest BCUT2D eigenvalue weighted by molar-refractivity contribution is 7.99. The minimum Gasteiger partial charge on any atom is -0.355 e. The van der Waals surface area contributed by atoms with Crippen LogP contribution in [0.4, 0.5) is 5.69 Å². The van der Waals surface area contributed by atoms with Crippen molar-refractivity contribution >= 4 is 46.2 Å². The number of thioether (sulfide) groups is 1. The van der Waals surface area contributed by atoms with Crippen LogP contribution < -0.4 is 25.4 Å². The van der Waals surface area contributed by atoms with Crippen molar-refractivity contribution in [2.75, 3.05) is 43.0 Å². The molecule has 0 aliphatic carbocycles. The number of amides is 1. The molecule has 2 N–H and O–H groups in total. The number of carbonyl (C=O) groups is 1. The predicted octanol–water partition coefficient (Wildman–Crippen LogP) is 0.995. The zero-order chi connectivity index (χ0) is 25.0. The molecule has 1 saturated heterocycles. The van der Waals surface area contributed by atoms with Crippen molar-refractivity contribution in [2.24, 2.45) is 0 Å². The van der Waals surface area contributed by atoms with Crippen molar-refractivity contribution in [3.8, 4) is 12.1 Å². The van der Waals surface area contributed by atoms with E-state index in [9.17, 15) is 14.9 Å². The molecule has 180 valence electrons. The molecule has 0 unspecified atom stereocenters. The zero-order valence-electron chi connectivity index (χ0n) is 19.5. The van der Waals surface area contributed by atoms with Crippen molar-refractivity contribution in [1.82, 2.24) is 14.8 Å². The molecule has 0 radical (unpaired) electrons. The average Bonchev–Trinajstić information content (AvgIpc) is 3.19. The minimum absolute atomic E-state index is 0.219. The first-order chi connectivity index (χ1) is 17.0. The van der Waals surface area contributed by atoms with E-state index in [1.165, 1.54) is 21.6 Å². The molecule has 0 atom stereocenters. The van der Waals surface area contributed by atoms with Crippen LogP contribution >= 0.6 is 23.1 Å². The van der Waals surface area contributed by atoms with Crippen LogP contribution in [-0.2, 0) is 17.8 Å². The normalized spacial score (nSPS) is 13.0. The topological polar surface area (TPSA) is 114 Å². The Morgan fingerprint density at radius 1 is 1.26 bits per heavy atom. The van der Waals surface area contributed by atoms with Crippen LogP contribution in [-0.4, -0.2) is 53.1 Å². The third-order valence-corrected chi connectivity index (χ3v) is 7.24. The molecule has 0 saturated carbocycles. The molecule has 2 aromatic rings. The summed E-state index contributed by atoms with van der Waals surface area (Å²) in [5.74, 6) is 1.69. The van der Waals surface area contributed by atoms with Gasteiger partial charge in [-0.25, -0.2) is 0 Å². The summed E-state index contributed by atoms with van der Waals surface area (Å²) in [4.78, 5) is 27.3. The van der Waals surface area contributed by atoms with Gasteiger partial charge in [0.1, 0.15) is 21.8 Å². The first kappa shape index (κ1) is 26.1. The first-order valence-electron chi connectivity index (χ1n) is 11.2. The molecule has 1 fully saturated rings. The van der Waals surface area contributed by atoms with Crippen LogP contribution in [0, 0.1) is 22.7 Å². The van der Waals surface area contributed by atoms with Crippen molar-refractivity contribution < 1.29 is 4.79 Å². The highest BCUT2D eigenvalue weighted by Crippen LogP contribution is 2.13. The van der Waals surface area contributed by atoms with Gasteiger partial charge in [-0.3, -0.25) is 14.2 Å². The summed E-state index contributed by atoms with van der Waals surface area (Å²) in [5.41, 5.74) is 7.27. The Morgan fingerprint density at radius 3 is 2.77 bits per heavy atom. The lowest BCUT2D eigenvalue weighted by Gasteiger charge is -2.26. The van der Waals surface area contributed by atoms with E-state index in [0.717, 1.165) is 43.1 Å². The second-order valence-electron chi connectivity index (χ2n) is 7.58. The summed E-state index contributed by atoms with van der Waals surface area (Å²) < 4.78 is 2.10. The van der Waals surface area contributed by atoms with Gasteiger partial charge in [0.2, 0.25) is 0 Å². The summed E-state index contributed by atoms with van der Waals surface area (Å²) in [6.45, 7) is 5.26. The number of hydrogen-bond acceptors (Lipinski definition) is 8. The molecule has 35 heavy (non-hydrogen) atoms. The lowest BCUT2D eigenvalue weighted by Crippen LogP contribution is -2.34. The van der Waals surface area contributed by atoms with Gasteiger partial charge in [-0.1, -0.05) is 34.9 Å². The Balaban J connectivity index is 1.82. The van der Waals surface area contributed by atoms with E-state index in [4.69, 9.17) is 5.26 Å². The third-order valence-electron chi connectivity index (χ3n) is 5.29. The second kappa shape index (κ2) is 13.4. The molecule has 1 amide bonds. The zero-order valence-corrected chi connectivity index (χ0v) is 21.1. The molecule has 1 aromatic heterocycles. The Kier molecular flexibility index (Phi) is 10.0. The summed E-state index contributed by atoms with van der Waals surface area (Å²) in [5, 5.41) is 23.4. The lowest BCUT2D eigenvalue weighted by atomic mass is 10.1. The summed E-state index contributed by atoms with van der Waals surface area (Å²) >= 11 is 3.10. The molecule has 8 nitrogen and oxygen atoms in total. The van der Waals surface area contributed by atoms with Crippen molar-refractivity contribution in [1.29, 1.82) is 10.5 Å². The van der Waals surface area contributed by atoms with Crippen LogP contribution in [0.15, 0.2) is 40.8 Å². The Labute approximate surface area is 212 Å². The van der Waals surface area contributed by atoms with Crippen LogP contribution in [0.2, 0.25) is 0 Å². The fourth-order valence-electron chi connectivity index (χ4n) is 3.45. The molecule has 3 rings (SSSR count). The Hall–Kier alpha value is -3.49. The number of nitriles is 2. The number of aromatic nitrogens is 1. The SMILES string of the molecule is CCn1c(=C=C(C#N)C(=O)NCC#N)sc(=C=CNc2cccc(CCN3CCSCC3)c2)c1=O. The molecular weight excluding hydrogens is 480 g/mol. The Bertz CT molecular complexity index is 1390. The fourth-order valence-corrected chi connectivity index (χ4v) is 5.41. The number of thiazole rings is 1. The van der Waals surface area contributed by atoms with E-state index >= 15 is 0 Å². The van der Waals surface area contributed by atoms with E-state index in [1.807, 2.05) is 23.9 Å². The maximum Gasteiger partial charge on any atom is 0.277 e. The largest absolute Gasteiger partial charge is 0.355 e. The van der Waals surface area contributed by atoms with Gasteiger partial charge in [-0.15, -0.1) is 0 Å². The molecule has 1 aliphatic rings. The van der Waals surface area contributed by atoms with Crippen molar-refractivity contribution in [3.05, 3.63) is 61.2 Å². The molecule has 1 aromatic carbocycles. The number of carbonyl (C=O) groups excluding carboxylic acids is 1.